The number of rotatable bonds is 9. The number of hydrogen-bond donors (Lipinski definition) is 4. The normalized spacial score (nSPS) is 26.5. The number of hydrogen-bond acceptors (Lipinski definition) is 10. The summed E-state index contributed by atoms with van der Waals surface area (Å²) >= 11 is 1.55. The summed E-state index contributed by atoms with van der Waals surface area (Å²) in [7, 11) is 0. The van der Waals surface area contributed by atoms with Crippen molar-refractivity contribution in [2.45, 2.75) is 67.7 Å². The number of nitrogens with zero attached hydrogens (tertiary/aromatic N) is 5. The molecule has 2 heterocycles. The van der Waals surface area contributed by atoms with Crippen molar-refractivity contribution in [2.24, 2.45) is 0 Å². The highest BCUT2D eigenvalue weighted by atomic mass is 32.2. The van der Waals surface area contributed by atoms with Crippen LogP contribution in [0.4, 0.5) is 5.82 Å². The van der Waals surface area contributed by atoms with Gasteiger partial charge >= 0.3 is 0 Å². The molecule has 2 aliphatic carbocycles. The van der Waals surface area contributed by atoms with Gasteiger partial charge in [0.2, 0.25) is 0 Å². The van der Waals surface area contributed by atoms with Gasteiger partial charge in [0.05, 0.1) is 12.1 Å². The van der Waals surface area contributed by atoms with Crippen LogP contribution in [0, 0.1) is 0 Å². The van der Waals surface area contributed by atoms with E-state index in [-0.39, 0.29) is 12.5 Å². The number of aliphatic hydroxyl groups is 3. The first-order valence-corrected chi connectivity index (χ1v) is 13.9. The van der Waals surface area contributed by atoms with Gasteiger partial charge in [-0.25, -0.2) is 14.6 Å². The van der Waals surface area contributed by atoms with Crippen LogP contribution in [0.15, 0.2) is 59.8 Å². The van der Waals surface area contributed by atoms with Crippen molar-refractivity contribution in [3.8, 4) is 11.5 Å². The minimum Gasteiger partial charge on any atom is -0.457 e. The molecule has 2 aliphatic rings. The van der Waals surface area contributed by atoms with Gasteiger partial charge in [-0.2, -0.15) is 0 Å². The Labute approximate surface area is 224 Å². The van der Waals surface area contributed by atoms with E-state index in [4.69, 9.17) is 9.72 Å². The van der Waals surface area contributed by atoms with E-state index in [0.717, 1.165) is 30.1 Å². The van der Waals surface area contributed by atoms with Crippen molar-refractivity contribution in [2.75, 3.05) is 11.1 Å². The summed E-state index contributed by atoms with van der Waals surface area (Å²) in [5, 5.41) is 43.3. The Bertz CT molecular complexity index is 1400. The summed E-state index contributed by atoms with van der Waals surface area (Å²) in [5.41, 5.74) is 2.20. The fourth-order valence-corrected chi connectivity index (χ4v) is 5.62. The summed E-state index contributed by atoms with van der Waals surface area (Å²) in [6.45, 7) is 2.10. The number of thioether (sulfide) groups is 1. The second-order valence-corrected chi connectivity index (χ2v) is 10.9. The number of para-hydroxylation sites is 1. The molecule has 2 saturated carbocycles. The third-order valence-electron chi connectivity index (χ3n) is 7.07. The van der Waals surface area contributed by atoms with E-state index in [9.17, 15) is 15.3 Å². The van der Waals surface area contributed by atoms with Gasteiger partial charge in [-0.3, -0.25) is 0 Å². The first-order valence-electron chi connectivity index (χ1n) is 12.9. The molecule has 0 aliphatic heterocycles. The highest BCUT2D eigenvalue weighted by Gasteiger charge is 2.44. The van der Waals surface area contributed by atoms with Gasteiger partial charge < -0.3 is 25.4 Å². The quantitative estimate of drug-likeness (QED) is 0.186. The minimum absolute atomic E-state index is 0.166. The van der Waals surface area contributed by atoms with Crippen LogP contribution in [0.1, 0.15) is 43.7 Å². The molecule has 11 heteroatoms. The lowest BCUT2D eigenvalue weighted by atomic mass is 10.1. The van der Waals surface area contributed by atoms with Gasteiger partial charge in [0.1, 0.15) is 23.7 Å². The molecule has 38 heavy (non-hydrogen) atoms. The fraction of sp³-hybridized carbons (Fsp3) is 0.407. The second-order valence-electron chi connectivity index (χ2n) is 9.84. The largest absolute Gasteiger partial charge is 0.457 e. The monoisotopic (exact) mass is 534 g/mol. The molecule has 0 bridgehead atoms. The predicted molar refractivity (Wildman–Crippen MR) is 144 cm³/mol. The molecule has 4 N–H and O–H groups in total. The van der Waals surface area contributed by atoms with E-state index >= 15 is 0 Å². The number of aromatic nitrogens is 5. The summed E-state index contributed by atoms with van der Waals surface area (Å²) in [5.74, 6) is 3.39. The highest BCUT2D eigenvalue weighted by molar-refractivity contribution is 7.99. The van der Waals surface area contributed by atoms with E-state index in [1.54, 1.807) is 11.8 Å². The number of nitrogens with one attached hydrogen (secondary N) is 1. The van der Waals surface area contributed by atoms with E-state index in [0.29, 0.717) is 28.1 Å². The minimum atomic E-state index is -1.23. The summed E-state index contributed by atoms with van der Waals surface area (Å²) in [4.78, 5) is 9.41. The van der Waals surface area contributed by atoms with E-state index in [1.807, 2.05) is 42.5 Å². The maximum Gasteiger partial charge on any atom is 0.191 e. The maximum atomic E-state index is 10.5. The van der Waals surface area contributed by atoms with Gasteiger partial charge in [-0.1, -0.05) is 54.2 Å². The fourth-order valence-electron chi connectivity index (χ4n) is 4.92. The molecule has 4 aromatic rings. The van der Waals surface area contributed by atoms with Crippen molar-refractivity contribution < 1.29 is 20.1 Å². The molecule has 6 atom stereocenters. The van der Waals surface area contributed by atoms with Gasteiger partial charge in [0.15, 0.2) is 22.1 Å². The average molecular weight is 535 g/mol. The van der Waals surface area contributed by atoms with Crippen LogP contribution in [-0.2, 0) is 0 Å². The molecule has 0 radical (unpaired) electrons. The summed E-state index contributed by atoms with van der Waals surface area (Å²) in [6, 6.07) is 17.4. The third kappa shape index (κ3) is 4.94. The smallest absolute Gasteiger partial charge is 0.191 e. The summed E-state index contributed by atoms with van der Waals surface area (Å²) in [6.07, 6.45) is -1.32. The third-order valence-corrected chi connectivity index (χ3v) is 8.13. The van der Waals surface area contributed by atoms with Crippen molar-refractivity contribution in [1.29, 1.82) is 0 Å². The number of fused-ring (bicyclic) bond motifs is 1. The number of benzene rings is 2. The van der Waals surface area contributed by atoms with Gasteiger partial charge in [0.25, 0.3) is 0 Å². The highest BCUT2D eigenvalue weighted by Crippen LogP contribution is 2.44. The van der Waals surface area contributed by atoms with Crippen LogP contribution in [0.25, 0.3) is 11.2 Å². The van der Waals surface area contributed by atoms with Crippen LogP contribution >= 0.6 is 11.8 Å². The van der Waals surface area contributed by atoms with Crippen LogP contribution in [-0.4, -0.2) is 70.4 Å². The molecular weight excluding hydrogens is 504 g/mol. The Hall–Kier alpha value is -3.25. The molecule has 0 spiro atoms. The first kappa shape index (κ1) is 25.1. The molecule has 2 aromatic heterocycles. The maximum absolute atomic E-state index is 10.5. The lowest BCUT2D eigenvalue weighted by Crippen LogP contribution is -2.31. The Kier molecular flexibility index (Phi) is 6.91. The average Bonchev–Trinajstić information content (AvgIpc) is 3.49. The molecule has 198 valence electrons. The van der Waals surface area contributed by atoms with Gasteiger partial charge in [-0.15, -0.1) is 5.10 Å². The van der Waals surface area contributed by atoms with Gasteiger partial charge in [-0.05, 0) is 42.7 Å². The first-order chi connectivity index (χ1) is 18.5. The molecule has 2 aromatic carbocycles. The van der Waals surface area contributed by atoms with Crippen LogP contribution in [0.3, 0.4) is 0 Å². The predicted octanol–water partition coefficient (Wildman–Crippen LogP) is 3.51. The molecule has 6 unspecified atom stereocenters. The zero-order chi connectivity index (χ0) is 26.2. The lowest BCUT2D eigenvalue weighted by molar-refractivity contribution is -0.0253. The van der Waals surface area contributed by atoms with Crippen molar-refractivity contribution in [3.63, 3.8) is 0 Å². The molecule has 2 fully saturated rings. The van der Waals surface area contributed by atoms with E-state index < -0.39 is 24.4 Å². The second kappa shape index (κ2) is 10.5. The molecule has 0 saturated heterocycles. The Morgan fingerprint density at radius 1 is 0.974 bits per heavy atom. The topological polar surface area (TPSA) is 138 Å². The molecule has 0 amide bonds. The molecular formula is C27H30N6O4S. The van der Waals surface area contributed by atoms with Gasteiger partial charge in [0, 0.05) is 24.1 Å². The zero-order valence-electron chi connectivity index (χ0n) is 20.9. The molecule has 6 rings (SSSR count). The Morgan fingerprint density at radius 2 is 1.74 bits per heavy atom. The van der Waals surface area contributed by atoms with Crippen molar-refractivity contribution >= 4 is 28.7 Å². The SMILES string of the molecule is CCCSc1nc(NC2CC2c2ccc(Oc3ccccc3)cc2)c2nnn(C3CC(O)C(O)C3O)c2n1. The van der Waals surface area contributed by atoms with Crippen LogP contribution < -0.4 is 10.1 Å². The van der Waals surface area contributed by atoms with Crippen LogP contribution in [0.5, 0.6) is 11.5 Å². The zero-order valence-corrected chi connectivity index (χ0v) is 21.7. The number of anilines is 1. The summed E-state index contributed by atoms with van der Waals surface area (Å²) < 4.78 is 7.43. The van der Waals surface area contributed by atoms with Crippen molar-refractivity contribution in [1.82, 2.24) is 25.0 Å². The van der Waals surface area contributed by atoms with E-state index in [1.165, 1.54) is 10.2 Å². The molecule has 10 nitrogen and oxygen atoms in total. The number of ether oxygens (including phenoxy) is 1. The van der Waals surface area contributed by atoms with Crippen molar-refractivity contribution in [3.05, 3.63) is 60.2 Å². The Morgan fingerprint density at radius 3 is 2.45 bits per heavy atom. The van der Waals surface area contributed by atoms with Crippen LogP contribution in [0.2, 0.25) is 0 Å². The Balaban J connectivity index is 1.21. The lowest BCUT2D eigenvalue weighted by Gasteiger charge is -2.16. The van der Waals surface area contributed by atoms with E-state index in [2.05, 4.69) is 39.7 Å². The standard InChI is InChI=1S/C27H30N6O4S/c1-2-12-38-27-29-25(22-26(30-27)33(32-31-22)20-14-21(34)24(36)23(20)35)28-19-13-18(19)15-8-10-17(11-9-15)37-16-6-4-3-5-7-16/h3-11,18-21,23-24,34-36H,2,12-14H2,1H3,(H,28,29,30). The number of aliphatic hydroxyl groups excluding tert-OH is 3.